The molecule has 0 N–H and O–H groups in total. The van der Waals surface area contributed by atoms with Gasteiger partial charge < -0.3 is 4.90 Å². The van der Waals surface area contributed by atoms with E-state index < -0.39 is 5.41 Å². The number of rotatable bonds is 5. The largest absolute Gasteiger partial charge is 0.310 e. The normalized spacial score (nSPS) is 13.3. The first-order valence-corrected chi connectivity index (χ1v) is 21.6. The second-order valence-corrected chi connectivity index (χ2v) is 17.0. The van der Waals surface area contributed by atoms with Crippen LogP contribution in [-0.4, -0.2) is 0 Å². The van der Waals surface area contributed by atoms with Crippen molar-refractivity contribution in [3.8, 4) is 22.3 Å². The monoisotopic (exact) mass is 781 g/mol. The Kier molecular flexibility index (Phi) is 8.14. The Morgan fingerprint density at radius 3 is 1.40 bits per heavy atom. The zero-order valence-electron chi connectivity index (χ0n) is 32.9. The lowest BCUT2D eigenvalue weighted by Crippen LogP contribution is -2.38. The van der Waals surface area contributed by atoms with Crippen LogP contribution in [-0.2, 0) is 11.8 Å². The molecular weight excluding hydrogens is 743 g/mol. The standard InChI is InChI=1S/C58H39NS/c1-4-19-46-39(14-1)17-11-21-48(46)41-30-34-44(35-31-41)59(45-36-32-42(33-37-45)49-22-12-18-40-15-2-5-20-47(40)49)55-27-13-26-52-50(55)38-43-16-3-6-23-51(43)58(52)53-24-7-9-28-56(53)60-57-29-10-8-25-54(57)58/h1-37H,38H2. The molecule has 1 spiro atoms. The van der Waals surface area contributed by atoms with Gasteiger partial charge in [-0.05, 0) is 120 Å². The van der Waals surface area contributed by atoms with Crippen LogP contribution in [0.2, 0.25) is 0 Å². The summed E-state index contributed by atoms with van der Waals surface area (Å²) >= 11 is 1.89. The molecule has 1 aliphatic carbocycles. The van der Waals surface area contributed by atoms with Crippen molar-refractivity contribution >= 4 is 50.4 Å². The van der Waals surface area contributed by atoms with E-state index in [4.69, 9.17) is 0 Å². The average molecular weight is 782 g/mol. The molecule has 1 nitrogen and oxygen atoms in total. The number of benzene rings is 10. The maximum absolute atomic E-state index is 2.50. The minimum atomic E-state index is -0.471. The van der Waals surface area contributed by atoms with Crippen LogP contribution in [0.5, 0.6) is 0 Å². The van der Waals surface area contributed by atoms with E-state index in [1.807, 2.05) is 11.8 Å². The first-order valence-electron chi connectivity index (χ1n) is 20.8. The average Bonchev–Trinajstić information content (AvgIpc) is 3.32. The maximum atomic E-state index is 2.50. The van der Waals surface area contributed by atoms with E-state index in [-0.39, 0.29) is 0 Å². The lowest BCUT2D eigenvalue weighted by molar-refractivity contribution is 0.669. The van der Waals surface area contributed by atoms with Crippen LogP contribution >= 0.6 is 11.8 Å². The van der Waals surface area contributed by atoms with Crippen LogP contribution in [0.3, 0.4) is 0 Å². The summed E-state index contributed by atoms with van der Waals surface area (Å²) in [5, 5.41) is 5.03. The maximum Gasteiger partial charge on any atom is 0.0729 e. The van der Waals surface area contributed by atoms with Gasteiger partial charge in [-0.1, -0.05) is 194 Å². The summed E-state index contributed by atoms with van der Waals surface area (Å²) in [5.74, 6) is 0. The number of fused-ring (bicyclic) bond motifs is 10. The molecule has 60 heavy (non-hydrogen) atoms. The van der Waals surface area contributed by atoms with Crippen LogP contribution in [0.4, 0.5) is 17.1 Å². The molecule has 10 aromatic rings. The van der Waals surface area contributed by atoms with E-state index in [0.717, 1.165) is 17.8 Å². The summed E-state index contributed by atoms with van der Waals surface area (Å²) < 4.78 is 0. The van der Waals surface area contributed by atoms with E-state index in [1.54, 1.807) is 0 Å². The fourth-order valence-corrected chi connectivity index (χ4v) is 11.4. The lowest BCUT2D eigenvalue weighted by Gasteiger charge is -2.47. The summed E-state index contributed by atoms with van der Waals surface area (Å²) in [6.45, 7) is 0. The van der Waals surface area contributed by atoms with Gasteiger partial charge >= 0.3 is 0 Å². The molecule has 1 aliphatic heterocycles. The van der Waals surface area contributed by atoms with E-state index in [9.17, 15) is 0 Å². The molecule has 0 aromatic heterocycles. The minimum Gasteiger partial charge on any atom is -0.310 e. The zero-order valence-corrected chi connectivity index (χ0v) is 33.7. The highest BCUT2D eigenvalue weighted by Crippen LogP contribution is 2.60. The fourth-order valence-electron chi connectivity index (χ4n) is 10.2. The van der Waals surface area contributed by atoms with Crippen LogP contribution < -0.4 is 4.90 Å². The van der Waals surface area contributed by atoms with E-state index in [0.29, 0.717) is 0 Å². The van der Waals surface area contributed by atoms with Crippen molar-refractivity contribution in [1.82, 2.24) is 0 Å². The molecule has 0 saturated carbocycles. The number of anilines is 3. The SMILES string of the molecule is c1ccc2c(c1)Cc1c(N(c3ccc(-c4cccc5ccccc45)cc3)c3ccc(-c4cccc5ccccc45)cc3)cccc1C21c2ccccc2Sc2ccccc21. The topological polar surface area (TPSA) is 3.24 Å². The van der Waals surface area contributed by atoms with Gasteiger partial charge in [0.25, 0.3) is 0 Å². The number of nitrogens with zero attached hydrogens (tertiary/aromatic N) is 1. The van der Waals surface area contributed by atoms with Gasteiger partial charge in [0.2, 0.25) is 0 Å². The summed E-state index contributed by atoms with van der Waals surface area (Å²) in [7, 11) is 0. The Morgan fingerprint density at radius 2 is 0.817 bits per heavy atom. The summed E-state index contributed by atoms with van der Waals surface area (Å²) in [4.78, 5) is 5.12. The van der Waals surface area contributed by atoms with Gasteiger partial charge in [-0.3, -0.25) is 0 Å². The second-order valence-electron chi connectivity index (χ2n) is 16.0. The summed E-state index contributed by atoms with van der Waals surface area (Å²) in [5.41, 5.74) is 16.0. The lowest BCUT2D eigenvalue weighted by atomic mass is 9.59. The van der Waals surface area contributed by atoms with Crippen LogP contribution in [0, 0.1) is 0 Å². The van der Waals surface area contributed by atoms with Crippen molar-refractivity contribution in [2.45, 2.75) is 21.6 Å². The molecule has 12 rings (SSSR count). The summed E-state index contributed by atoms with van der Waals surface area (Å²) in [6, 6.07) is 83.3. The molecule has 0 radical (unpaired) electrons. The first kappa shape index (κ1) is 34.9. The molecule has 0 bridgehead atoms. The van der Waals surface area contributed by atoms with E-state index >= 15 is 0 Å². The Labute approximate surface area is 355 Å². The zero-order chi connectivity index (χ0) is 39.6. The van der Waals surface area contributed by atoms with Crippen molar-refractivity contribution in [2.24, 2.45) is 0 Å². The molecule has 0 fully saturated rings. The highest BCUT2D eigenvalue weighted by Gasteiger charge is 2.48. The molecular formula is C58H39NS. The Bertz CT molecular complexity index is 3070. The smallest absolute Gasteiger partial charge is 0.0729 e. The number of hydrogen-bond donors (Lipinski definition) is 0. The Hall–Kier alpha value is -7.13. The van der Waals surface area contributed by atoms with Crippen molar-refractivity contribution < 1.29 is 0 Å². The van der Waals surface area contributed by atoms with E-state index in [2.05, 4.69) is 229 Å². The molecule has 1 heterocycles. The van der Waals surface area contributed by atoms with Crippen LogP contribution in [0.15, 0.2) is 234 Å². The molecule has 2 heteroatoms. The van der Waals surface area contributed by atoms with Crippen LogP contribution in [0.1, 0.15) is 33.4 Å². The van der Waals surface area contributed by atoms with Crippen molar-refractivity contribution in [1.29, 1.82) is 0 Å². The van der Waals surface area contributed by atoms with Gasteiger partial charge in [-0.25, -0.2) is 0 Å². The van der Waals surface area contributed by atoms with Crippen LogP contribution in [0.25, 0.3) is 43.8 Å². The molecule has 0 saturated heterocycles. The molecule has 10 aromatic carbocycles. The molecule has 282 valence electrons. The predicted octanol–water partition coefficient (Wildman–Crippen LogP) is 15.5. The highest BCUT2D eigenvalue weighted by molar-refractivity contribution is 7.99. The van der Waals surface area contributed by atoms with E-state index in [1.165, 1.54) is 92.7 Å². The number of hydrogen-bond acceptors (Lipinski definition) is 2. The van der Waals surface area contributed by atoms with Crippen molar-refractivity contribution in [2.75, 3.05) is 4.90 Å². The third kappa shape index (κ3) is 5.34. The third-order valence-corrected chi connectivity index (χ3v) is 14.0. The fraction of sp³-hybridized carbons (Fsp3) is 0.0345. The molecule has 0 amide bonds. The second kappa shape index (κ2) is 14.0. The highest BCUT2D eigenvalue weighted by atomic mass is 32.2. The minimum absolute atomic E-state index is 0.471. The van der Waals surface area contributed by atoms with Gasteiger partial charge in [0.1, 0.15) is 0 Å². The van der Waals surface area contributed by atoms with Gasteiger partial charge in [0.15, 0.2) is 0 Å². The molecule has 2 aliphatic rings. The van der Waals surface area contributed by atoms with Crippen molar-refractivity contribution in [3.05, 3.63) is 258 Å². The van der Waals surface area contributed by atoms with Gasteiger partial charge in [-0.2, -0.15) is 0 Å². The molecule has 0 unspecified atom stereocenters. The predicted molar refractivity (Wildman–Crippen MR) is 252 cm³/mol. The Morgan fingerprint density at radius 1 is 0.367 bits per heavy atom. The van der Waals surface area contributed by atoms with Gasteiger partial charge in [0, 0.05) is 33.3 Å². The molecule has 0 atom stereocenters. The first-order chi connectivity index (χ1) is 29.8. The van der Waals surface area contributed by atoms with Crippen molar-refractivity contribution in [3.63, 3.8) is 0 Å². The Balaban J connectivity index is 1.08. The summed E-state index contributed by atoms with van der Waals surface area (Å²) in [6.07, 6.45) is 0.833. The third-order valence-electron chi connectivity index (χ3n) is 12.8. The van der Waals surface area contributed by atoms with Gasteiger partial charge in [-0.15, -0.1) is 0 Å². The van der Waals surface area contributed by atoms with Gasteiger partial charge in [0.05, 0.1) is 5.41 Å². The quantitative estimate of drug-likeness (QED) is 0.171.